The second-order valence-corrected chi connectivity index (χ2v) is 7.81. The molecule has 25 heavy (non-hydrogen) atoms. The number of quaternary nitrogens is 2. The molecule has 3 aliphatic rings. The van der Waals surface area contributed by atoms with Gasteiger partial charge in [-0.25, -0.2) is 4.90 Å². The van der Waals surface area contributed by atoms with E-state index >= 15 is 0 Å². The van der Waals surface area contributed by atoms with Crippen molar-refractivity contribution in [2.45, 2.75) is 50.6 Å². The molecule has 5 heteroatoms. The number of rotatable bonds is 3. The highest BCUT2D eigenvalue weighted by molar-refractivity contribution is 6.21. The first-order valence-corrected chi connectivity index (χ1v) is 9.85. The molecular formula is C20H29N3O2+2. The molecule has 0 radical (unpaired) electrons. The monoisotopic (exact) mass is 343 g/mol. The van der Waals surface area contributed by atoms with Crippen LogP contribution in [0.5, 0.6) is 0 Å². The van der Waals surface area contributed by atoms with Crippen molar-refractivity contribution in [3.8, 4) is 0 Å². The number of hydrogen-bond donors (Lipinski definition) is 2. The molecule has 0 saturated carbocycles. The van der Waals surface area contributed by atoms with E-state index in [-0.39, 0.29) is 17.9 Å². The normalized spacial score (nSPS) is 31.5. The Morgan fingerprint density at radius 3 is 2.20 bits per heavy atom. The molecule has 1 atom stereocenters. The molecule has 3 aliphatic heterocycles. The maximum absolute atomic E-state index is 12.9. The van der Waals surface area contributed by atoms with Crippen LogP contribution in [-0.4, -0.2) is 50.1 Å². The summed E-state index contributed by atoms with van der Waals surface area (Å²) in [7, 11) is 0. The number of carbonyl (C=O) groups is 2. The topological polar surface area (TPSA) is 46.3 Å². The summed E-state index contributed by atoms with van der Waals surface area (Å²) in [6.45, 7) is 4.70. The lowest BCUT2D eigenvalue weighted by molar-refractivity contribution is -0.965. The smallest absolute Gasteiger partial charge is 0.292 e. The van der Waals surface area contributed by atoms with Gasteiger partial charge in [-0.15, -0.1) is 0 Å². The molecule has 0 unspecified atom stereocenters. The molecule has 2 amide bonds. The molecule has 0 aromatic heterocycles. The van der Waals surface area contributed by atoms with Gasteiger partial charge in [-0.3, -0.25) is 9.59 Å². The fraction of sp³-hybridized carbons (Fsp3) is 0.600. The van der Waals surface area contributed by atoms with Crippen LogP contribution in [0.1, 0.15) is 38.5 Å². The number of benzene rings is 1. The summed E-state index contributed by atoms with van der Waals surface area (Å²) in [4.78, 5) is 29.8. The summed E-state index contributed by atoms with van der Waals surface area (Å²) in [5.74, 6) is -0.0487. The zero-order valence-corrected chi connectivity index (χ0v) is 14.9. The molecular weight excluding hydrogens is 314 g/mol. The average molecular weight is 343 g/mol. The van der Waals surface area contributed by atoms with E-state index < -0.39 is 0 Å². The minimum Gasteiger partial charge on any atom is -0.332 e. The fourth-order valence-corrected chi connectivity index (χ4v) is 4.96. The molecule has 1 aromatic rings. The standard InChI is InChI=1S/C20H27N3O2/c24-19-15-18(20(25)23(19)17-7-3-1-4-8-17)22-13-9-16(10-14-22)21-11-5-2-6-12-21/h1,3-4,7-8,16,18H,2,5-6,9-15H2/p+2/t18-/m1/s1. The Hall–Kier alpha value is -1.72. The van der Waals surface area contributed by atoms with Crippen LogP contribution in [0.15, 0.2) is 30.3 Å². The van der Waals surface area contributed by atoms with Gasteiger partial charge in [-0.2, -0.15) is 0 Å². The first-order chi connectivity index (χ1) is 12.2. The van der Waals surface area contributed by atoms with Gasteiger partial charge in [0.15, 0.2) is 6.04 Å². The van der Waals surface area contributed by atoms with E-state index in [1.807, 2.05) is 30.3 Å². The van der Waals surface area contributed by atoms with E-state index in [1.54, 1.807) is 4.90 Å². The van der Waals surface area contributed by atoms with Gasteiger partial charge in [0.1, 0.15) is 0 Å². The number of imide groups is 1. The third-order valence-electron chi connectivity index (χ3n) is 6.35. The maximum Gasteiger partial charge on any atom is 0.292 e. The molecule has 134 valence electrons. The van der Waals surface area contributed by atoms with Gasteiger partial charge in [0.25, 0.3) is 5.91 Å². The Morgan fingerprint density at radius 2 is 1.52 bits per heavy atom. The van der Waals surface area contributed by atoms with Crippen LogP contribution < -0.4 is 14.7 Å². The fourth-order valence-electron chi connectivity index (χ4n) is 4.96. The summed E-state index contributed by atoms with van der Waals surface area (Å²) in [6, 6.07) is 9.95. The Bertz CT molecular complexity index is 619. The van der Waals surface area contributed by atoms with Gasteiger partial charge in [0.2, 0.25) is 5.91 Å². The Morgan fingerprint density at radius 1 is 0.840 bits per heavy atom. The molecule has 5 nitrogen and oxygen atoms in total. The summed E-state index contributed by atoms with van der Waals surface area (Å²) in [6.07, 6.45) is 6.86. The molecule has 0 spiro atoms. The highest BCUT2D eigenvalue weighted by atomic mass is 16.2. The average Bonchev–Trinajstić information content (AvgIpc) is 2.97. The summed E-state index contributed by atoms with van der Waals surface area (Å²) < 4.78 is 0. The number of hydrogen-bond acceptors (Lipinski definition) is 2. The SMILES string of the molecule is O=C1C[C@@H]([NH+]2CCC([NH+]3CCCCC3)CC2)C(=O)N1c1ccccc1. The van der Waals surface area contributed by atoms with Crippen molar-refractivity contribution < 1.29 is 19.4 Å². The van der Waals surface area contributed by atoms with Crippen molar-refractivity contribution >= 4 is 17.5 Å². The van der Waals surface area contributed by atoms with Gasteiger partial charge in [-0.1, -0.05) is 18.2 Å². The van der Waals surface area contributed by atoms with E-state index in [0.29, 0.717) is 12.1 Å². The number of anilines is 1. The van der Waals surface area contributed by atoms with Crippen molar-refractivity contribution in [2.24, 2.45) is 0 Å². The molecule has 3 saturated heterocycles. The highest BCUT2D eigenvalue weighted by Crippen LogP contribution is 2.21. The lowest BCUT2D eigenvalue weighted by Gasteiger charge is -2.37. The Balaban J connectivity index is 1.38. The first-order valence-electron chi connectivity index (χ1n) is 9.85. The van der Waals surface area contributed by atoms with Crippen LogP contribution in [0.3, 0.4) is 0 Å². The molecule has 3 heterocycles. The number of likely N-dealkylation sites (tertiary alicyclic amines) is 2. The predicted molar refractivity (Wildman–Crippen MR) is 95.6 cm³/mol. The number of amides is 2. The van der Waals surface area contributed by atoms with Crippen LogP contribution in [0.2, 0.25) is 0 Å². The lowest BCUT2D eigenvalue weighted by atomic mass is 9.98. The number of nitrogens with zero attached hydrogens (tertiary/aromatic N) is 1. The second-order valence-electron chi connectivity index (χ2n) is 7.81. The molecule has 0 aliphatic carbocycles. The van der Waals surface area contributed by atoms with Crippen LogP contribution >= 0.6 is 0 Å². The minimum absolute atomic E-state index is 0.00466. The number of piperidine rings is 2. The number of para-hydroxylation sites is 1. The van der Waals surface area contributed by atoms with E-state index in [1.165, 1.54) is 55.0 Å². The van der Waals surface area contributed by atoms with Gasteiger partial charge in [0.05, 0.1) is 44.3 Å². The third-order valence-corrected chi connectivity index (χ3v) is 6.35. The minimum atomic E-state index is -0.176. The summed E-state index contributed by atoms with van der Waals surface area (Å²) in [5, 5.41) is 0. The zero-order valence-electron chi connectivity index (χ0n) is 14.9. The Kier molecular flexibility index (Phi) is 4.86. The Labute approximate surface area is 149 Å². The molecule has 0 bridgehead atoms. The third kappa shape index (κ3) is 3.35. The zero-order chi connectivity index (χ0) is 17.2. The van der Waals surface area contributed by atoms with Crippen molar-refractivity contribution in [3.63, 3.8) is 0 Å². The largest absolute Gasteiger partial charge is 0.332 e. The quantitative estimate of drug-likeness (QED) is 0.723. The maximum atomic E-state index is 12.9. The lowest BCUT2D eigenvalue weighted by Crippen LogP contribution is -3.22. The van der Waals surface area contributed by atoms with Crippen LogP contribution in [0.4, 0.5) is 5.69 Å². The molecule has 2 N–H and O–H groups in total. The number of carbonyl (C=O) groups excluding carboxylic acids is 2. The van der Waals surface area contributed by atoms with Crippen LogP contribution in [0, 0.1) is 0 Å². The van der Waals surface area contributed by atoms with Crippen LogP contribution in [-0.2, 0) is 9.59 Å². The van der Waals surface area contributed by atoms with Crippen molar-refractivity contribution in [1.82, 2.24) is 0 Å². The van der Waals surface area contributed by atoms with Gasteiger partial charge < -0.3 is 9.80 Å². The van der Waals surface area contributed by atoms with Crippen molar-refractivity contribution in [1.29, 1.82) is 0 Å². The van der Waals surface area contributed by atoms with E-state index in [9.17, 15) is 9.59 Å². The molecule has 3 fully saturated rings. The summed E-state index contributed by atoms with van der Waals surface area (Å²) in [5.41, 5.74) is 0.715. The first kappa shape index (κ1) is 16.7. The highest BCUT2D eigenvalue weighted by Gasteiger charge is 2.47. The van der Waals surface area contributed by atoms with Gasteiger partial charge >= 0.3 is 0 Å². The van der Waals surface area contributed by atoms with Crippen molar-refractivity contribution in [3.05, 3.63) is 30.3 Å². The number of nitrogens with one attached hydrogen (secondary N) is 2. The van der Waals surface area contributed by atoms with Crippen molar-refractivity contribution in [2.75, 3.05) is 31.1 Å². The van der Waals surface area contributed by atoms with Crippen LogP contribution in [0.25, 0.3) is 0 Å². The molecule has 1 aromatic carbocycles. The summed E-state index contributed by atoms with van der Waals surface area (Å²) >= 11 is 0. The molecule has 4 rings (SSSR count). The van der Waals surface area contributed by atoms with E-state index in [4.69, 9.17) is 0 Å². The van der Waals surface area contributed by atoms with Gasteiger partial charge in [-0.05, 0) is 31.4 Å². The predicted octanol–water partition coefficient (Wildman–Crippen LogP) is -0.565. The van der Waals surface area contributed by atoms with Gasteiger partial charge in [0, 0.05) is 12.8 Å². The van der Waals surface area contributed by atoms with E-state index in [0.717, 1.165) is 19.1 Å². The second kappa shape index (κ2) is 7.26. The van der Waals surface area contributed by atoms with E-state index in [2.05, 4.69) is 0 Å².